The van der Waals surface area contributed by atoms with E-state index in [0.717, 1.165) is 11.3 Å². The van der Waals surface area contributed by atoms with Crippen molar-refractivity contribution in [3.8, 4) is 0 Å². The fourth-order valence-corrected chi connectivity index (χ4v) is 2.81. The highest BCUT2D eigenvalue weighted by atomic mass is 35.5. The molecular formula is C13H11Cl2N3O2. The lowest BCUT2D eigenvalue weighted by molar-refractivity contribution is 0.0762. The fourth-order valence-electron chi connectivity index (χ4n) is 2.30. The van der Waals surface area contributed by atoms with E-state index in [9.17, 15) is 4.79 Å². The fraction of sp³-hybridized carbons (Fsp3) is 0.308. The van der Waals surface area contributed by atoms with Gasteiger partial charge in [-0.05, 0) is 24.1 Å². The molecule has 1 aliphatic rings. The first-order chi connectivity index (χ1) is 9.65. The number of furan rings is 1. The van der Waals surface area contributed by atoms with Gasteiger partial charge < -0.3 is 9.32 Å². The van der Waals surface area contributed by atoms with Crippen molar-refractivity contribution in [2.24, 2.45) is 0 Å². The molecule has 0 spiro atoms. The van der Waals surface area contributed by atoms with Gasteiger partial charge in [0.15, 0.2) is 0 Å². The number of fused-ring (bicyclic) bond motifs is 1. The summed E-state index contributed by atoms with van der Waals surface area (Å²) in [6.07, 6.45) is 4.17. The lowest BCUT2D eigenvalue weighted by atomic mass is 10.1. The minimum Gasteiger partial charge on any atom is -0.472 e. The minimum absolute atomic E-state index is 0.0539. The van der Waals surface area contributed by atoms with Gasteiger partial charge in [-0.25, -0.2) is 9.97 Å². The van der Waals surface area contributed by atoms with Crippen molar-refractivity contribution in [2.75, 3.05) is 13.1 Å². The maximum absolute atomic E-state index is 12.3. The number of hydrogen-bond acceptors (Lipinski definition) is 4. The quantitative estimate of drug-likeness (QED) is 0.600. The largest absolute Gasteiger partial charge is 0.472 e. The van der Waals surface area contributed by atoms with Crippen LogP contribution in [0.4, 0.5) is 0 Å². The SMILES string of the molecule is O=C(c1ccoc1)N1CCc2nc(Cl)nc(Cl)c2CC1. The van der Waals surface area contributed by atoms with Crippen LogP contribution in [0.2, 0.25) is 10.4 Å². The standard InChI is InChI=1S/C13H11Cl2N3O2/c14-11-9-1-4-18(12(19)8-3-6-20-7-8)5-2-10(9)16-13(15)17-11/h3,6-7H,1-2,4-5H2. The summed E-state index contributed by atoms with van der Waals surface area (Å²) < 4.78 is 4.95. The van der Waals surface area contributed by atoms with Crippen molar-refractivity contribution in [2.45, 2.75) is 12.8 Å². The molecule has 2 aromatic heterocycles. The molecule has 0 radical (unpaired) electrons. The van der Waals surface area contributed by atoms with Gasteiger partial charge in [0.25, 0.3) is 5.91 Å². The topological polar surface area (TPSA) is 59.2 Å². The van der Waals surface area contributed by atoms with Crippen LogP contribution in [-0.4, -0.2) is 33.9 Å². The minimum atomic E-state index is -0.0539. The molecule has 5 nitrogen and oxygen atoms in total. The van der Waals surface area contributed by atoms with E-state index in [1.807, 2.05) is 0 Å². The molecule has 0 aliphatic carbocycles. The number of amides is 1. The molecule has 0 bridgehead atoms. The van der Waals surface area contributed by atoms with Crippen LogP contribution < -0.4 is 0 Å². The number of nitrogens with zero attached hydrogens (tertiary/aromatic N) is 3. The van der Waals surface area contributed by atoms with E-state index in [4.69, 9.17) is 27.6 Å². The summed E-state index contributed by atoms with van der Waals surface area (Å²) in [7, 11) is 0. The summed E-state index contributed by atoms with van der Waals surface area (Å²) >= 11 is 11.9. The summed E-state index contributed by atoms with van der Waals surface area (Å²) in [5, 5.41) is 0.515. The van der Waals surface area contributed by atoms with Crippen molar-refractivity contribution in [3.63, 3.8) is 0 Å². The second-order valence-corrected chi connectivity index (χ2v) is 5.21. The number of aromatic nitrogens is 2. The van der Waals surface area contributed by atoms with Crippen molar-refractivity contribution < 1.29 is 9.21 Å². The molecule has 3 rings (SSSR count). The van der Waals surface area contributed by atoms with E-state index >= 15 is 0 Å². The molecule has 1 amide bonds. The molecule has 0 unspecified atom stereocenters. The van der Waals surface area contributed by atoms with Crippen LogP contribution in [0.1, 0.15) is 21.6 Å². The average molecular weight is 312 g/mol. The van der Waals surface area contributed by atoms with Crippen LogP contribution >= 0.6 is 23.2 Å². The number of halogens is 2. The van der Waals surface area contributed by atoms with E-state index in [-0.39, 0.29) is 11.2 Å². The molecule has 7 heteroatoms. The normalized spacial score (nSPS) is 14.8. The lowest BCUT2D eigenvalue weighted by Crippen LogP contribution is -2.33. The summed E-state index contributed by atoms with van der Waals surface area (Å²) in [5.41, 5.74) is 2.24. The first-order valence-electron chi connectivity index (χ1n) is 6.17. The molecule has 0 fully saturated rings. The van der Waals surface area contributed by atoms with Gasteiger partial charge in [0.2, 0.25) is 5.28 Å². The number of hydrogen-bond donors (Lipinski definition) is 0. The molecule has 2 aromatic rings. The van der Waals surface area contributed by atoms with Crippen LogP contribution in [0.15, 0.2) is 23.0 Å². The van der Waals surface area contributed by atoms with Gasteiger partial charge in [-0.1, -0.05) is 11.6 Å². The lowest BCUT2D eigenvalue weighted by Gasteiger charge is -2.19. The monoisotopic (exact) mass is 311 g/mol. The van der Waals surface area contributed by atoms with Gasteiger partial charge in [-0.15, -0.1) is 0 Å². The summed E-state index contributed by atoms with van der Waals surface area (Å²) in [6.45, 7) is 1.14. The Kier molecular flexibility index (Phi) is 3.63. The maximum atomic E-state index is 12.3. The average Bonchev–Trinajstić information content (AvgIpc) is 2.85. The summed E-state index contributed by atoms with van der Waals surface area (Å²) in [5.74, 6) is -0.0539. The van der Waals surface area contributed by atoms with Crippen molar-refractivity contribution in [1.82, 2.24) is 14.9 Å². The smallest absolute Gasteiger partial charge is 0.257 e. The molecule has 0 saturated heterocycles. The molecule has 0 atom stereocenters. The Hall–Kier alpha value is -1.59. The highest BCUT2D eigenvalue weighted by molar-refractivity contribution is 6.32. The van der Waals surface area contributed by atoms with Crippen LogP contribution in [0, 0.1) is 0 Å². The van der Waals surface area contributed by atoms with Crippen molar-refractivity contribution >= 4 is 29.1 Å². The van der Waals surface area contributed by atoms with Gasteiger partial charge in [0, 0.05) is 25.1 Å². The van der Waals surface area contributed by atoms with E-state index in [1.165, 1.54) is 12.5 Å². The second-order valence-electron chi connectivity index (χ2n) is 4.51. The zero-order chi connectivity index (χ0) is 14.1. The molecule has 104 valence electrons. The Morgan fingerprint density at radius 3 is 2.80 bits per heavy atom. The van der Waals surface area contributed by atoms with Crippen LogP contribution in [-0.2, 0) is 12.8 Å². The van der Waals surface area contributed by atoms with E-state index in [2.05, 4.69) is 9.97 Å². The molecule has 0 saturated carbocycles. The Balaban J connectivity index is 1.82. The molecule has 3 heterocycles. The highest BCUT2D eigenvalue weighted by Crippen LogP contribution is 2.23. The van der Waals surface area contributed by atoms with Gasteiger partial charge in [0.05, 0.1) is 17.5 Å². The maximum Gasteiger partial charge on any atom is 0.257 e. The molecular weight excluding hydrogens is 301 g/mol. The van der Waals surface area contributed by atoms with Crippen LogP contribution in [0.5, 0.6) is 0 Å². The molecule has 20 heavy (non-hydrogen) atoms. The Morgan fingerprint density at radius 2 is 2.05 bits per heavy atom. The highest BCUT2D eigenvalue weighted by Gasteiger charge is 2.23. The Morgan fingerprint density at radius 1 is 1.25 bits per heavy atom. The van der Waals surface area contributed by atoms with Gasteiger partial charge in [-0.3, -0.25) is 4.79 Å². The van der Waals surface area contributed by atoms with Gasteiger partial charge in [-0.2, -0.15) is 0 Å². The first-order valence-corrected chi connectivity index (χ1v) is 6.93. The van der Waals surface area contributed by atoms with E-state index in [1.54, 1.807) is 11.0 Å². The summed E-state index contributed by atoms with van der Waals surface area (Å²) in [4.78, 5) is 22.2. The van der Waals surface area contributed by atoms with Gasteiger partial charge in [0.1, 0.15) is 11.4 Å². The van der Waals surface area contributed by atoms with E-state index < -0.39 is 0 Å². The Labute approximate surface area is 125 Å². The summed E-state index contributed by atoms with van der Waals surface area (Å²) in [6, 6.07) is 1.66. The number of carbonyl (C=O) groups excluding carboxylic acids is 1. The second kappa shape index (κ2) is 5.42. The van der Waals surface area contributed by atoms with Gasteiger partial charge >= 0.3 is 0 Å². The first kappa shape index (κ1) is 13.4. The third-order valence-electron chi connectivity index (χ3n) is 3.32. The third-order valence-corrected chi connectivity index (χ3v) is 3.80. The number of rotatable bonds is 1. The molecule has 0 N–H and O–H groups in total. The predicted octanol–water partition coefficient (Wildman–Crippen LogP) is 2.62. The van der Waals surface area contributed by atoms with E-state index in [0.29, 0.717) is 36.6 Å². The Bertz CT molecular complexity index is 643. The van der Waals surface area contributed by atoms with Crippen molar-refractivity contribution in [3.05, 3.63) is 45.9 Å². The predicted molar refractivity (Wildman–Crippen MR) is 74.1 cm³/mol. The van der Waals surface area contributed by atoms with Crippen molar-refractivity contribution in [1.29, 1.82) is 0 Å². The third kappa shape index (κ3) is 2.51. The van der Waals surface area contributed by atoms with Crippen LogP contribution in [0.25, 0.3) is 0 Å². The van der Waals surface area contributed by atoms with Crippen LogP contribution in [0.3, 0.4) is 0 Å². The zero-order valence-corrected chi connectivity index (χ0v) is 12.0. The molecule has 0 aromatic carbocycles. The molecule has 1 aliphatic heterocycles. The zero-order valence-electron chi connectivity index (χ0n) is 10.5. The number of carbonyl (C=O) groups is 1.